The minimum absolute atomic E-state index is 0.223. The van der Waals surface area contributed by atoms with Crippen molar-refractivity contribution in [1.82, 2.24) is 10.2 Å². The second kappa shape index (κ2) is 7.42. The highest BCUT2D eigenvalue weighted by Gasteiger charge is 2.34. The zero-order valence-corrected chi connectivity index (χ0v) is 14.2. The molecule has 0 aliphatic heterocycles. The summed E-state index contributed by atoms with van der Waals surface area (Å²) in [5, 5.41) is 3.78. The molecular formula is C19H32N2. The molecule has 1 N–H and O–H groups in total. The van der Waals surface area contributed by atoms with Crippen molar-refractivity contribution >= 4 is 0 Å². The van der Waals surface area contributed by atoms with Gasteiger partial charge in [0.25, 0.3) is 0 Å². The van der Waals surface area contributed by atoms with Crippen molar-refractivity contribution in [1.29, 1.82) is 0 Å². The number of nitrogens with one attached hydrogen (secondary N) is 1. The van der Waals surface area contributed by atoms with Crippen molar-refractivity contribution < 1.29 is 0 Å². The molecule has 1 aliphatic rings. The maximum absolute atomic E-state index is 3.78. The molecule has 1 unspecified atom stereocenters. The van der Waals surface area contributed by atoms with Crippen LogP contribution in [-0.2, 0) is 0 Å². The van der Waals surface area contributed by atoms with Gasteiger partial charge in [0.1, 0.15) is 0 Å². The Morgan fingerprint density at radius 2 is 1.90 bits per heavy atom. The van der Waals surface area contributed by atoms with Crippen LogP contribution in [0, 0.1) is 5.41 Å². The Morgan fingerprint density at radius 3 is 2.43 bits per heavy atom. The van der Waals surface area contributed by atoms with Crippen molar-refractivity contribution in [3.63, 3.8) is 0 Å². The first kappa shape index (κ1) is 16.5. The summed E-state index contributed by atoms with van der Waals surface area (Å²) in [6.45, 7) is 9.28. The van der Waals surface area contributed by atoms with Crippen molar-refractivity contribution in [2.24, 2.45) is 5.41 Å². The van der Waals surface area contributed by atoms with Gasteiger partial charge in [-0.05, 0) is 43.8 Å². The van der Waals surface area contributed by atoms with E-state index in [0.717, 1.165) is 19.1 Å². The van der Waals surface area contributed by atoms with Gasteiger partial charge in [0, 0.05) is 18.6 Å². The third-order valence-corrected chi connectivity index (χ3v) is 4.87. The van der Waals surface area contributed by atoms with Crippen molar-refractivity contribution in [3.8, 4) is 0 Å². The van der Waals surface area contributed by atoms with Crippen LogP contribution in [0.4, 0.5) is 0 Å². The average Bonchev–Trinajstić information content (AvgIpc) is 2.37. The number of nitrogens with zero attached hydrogens (tertiary/aromatic N) is 1. The molecule has 2 rings (SSSR count). The van der Waals surface area contributed by atoms with Gasteiger partial charge >= 0.3 is 0 Å². The van der Waals surface area contributed by atoms with E-state index in [1.165, 1.54) is 31.2 Å². The summed E-state index contributed by atoms with van der Waals surface area (Å²) in [7, 11) is 2.30. The minimum Gasteiger partial charge on any atom is -0.309 e. The van der Waals surface area contributed by atoms with Crippen LogP contribution in [0.3, 0.4) is 0 Å². The van der Waals surface area contributed by atoms with Crippen LogP contribution in [0.25, 0.3) is 0 Å². The molecule has 0 saturated heterocycles. The second-order valence-corrected chi connectivity index (χ2v) is 7.29. The van der Waals surface area contributed by atoms with Crippen LogP contribution in [0.1, 0.15) is 58.1 Å². The lowest BCUT2D eigenvalue weighted by molar-refractivity contribution is 0.0872. The molecule has 1 fully saturated rings. The fourth-order valence-electron chi connectivity index (χ4n) is 3.47. The normalized spacial score (nSPS) is 17.8. The quantitative estimate of drug-likeness (QED) is 0.770. The molecule has 1 aromatic carbocycles. The Labute approximate surface area is 130 Å². The third kappa shape index (κ3) is 4.31. The SMILES string of the molecule is CCCNC(c1ccccc1)C(C)(C)CN(C)C1CCC1. The first-order valence-corrected chi connectivity index (χ1v) is 8.53. The van der Waals surface area contributed by atoms with E-state index in [9.17, 15) is 0 Å². The molecule has 118 valence electrons. The van der Waals surface area contributed by atoms with Crippen LogP contribution in [-0.4, -0.2) is 31.1 Å². The summed E-state index contributed by atoms with van der Waals surface area (Å²) >= 11 is 0. The molecule has 0 heterocycles. The van der Waals surface area contributed by atoms with Gasteiger partial charge < -0.3 is 10.2 Å². The number of hydrogen-bond acceptors (Lipinski definition) is 2. The molecule has 0 amide bonds. The number of benzene rings is 1. The second-order valence-electron chi connectivity index (χ2n) is 7.29. The largest absolute Gasteiger partial charge is 0.309 e. The Balaban J connectivity index is 2.09. The van der Waals surface area contributed by atoms with Crippen molar-refractivity contribution in [3.05, 3.63) is 35.9 Å². The molecule has 2 nitrogen and oxygen atoms in total. The summed E-state index contributed by atoms with van der Waals surface area (Å²) in [5.41, 5.74) is 1.64. The van der Waals surface area contributed by atoms with E-state index in [0.29, 0.717) is 6.04 Å². The van der Waals surface area contributed by atoms with Crippen molar-refractivity contribution in [2.75, 3.05) is 20.1 Å². The molecule has 0 bridgehead atoms. The van der Waals surface area contributed by atoms with E-state index in [2.05, 4.69) is 68.4 Å². The topological polar surface area (TPSA) is 15.3 Å². The fraction of sp³-hybridized carbons (Fsp3) is 0.684. The van der Waals surface area contributed by atoms with Gasteiger partial charge in [-0.2, -0.15) is 0 Å². The Morgan fingerprint density at radius 1 is 1.24 bits per heavy atom. The monoisotopic (exact) mass is 288 g/mol. The summed E-state index contributed by atoms with van der Waals surface area (Å²) in [6.07, 6.45) is 5.35. The van der Waals surface area contributed by atoms with Gasteiger partial charge in [-0.25, -0.2) is 0 Å². The van der Waals surface area contributed by atoms with Crippen LogP contribution < -0.4 is 5.32 Å². The lowest BCUT2D eigenvalue weighted by Crippen LogP contribution is -2.47. The molecule has 0 aromatic heterocycles. The van der Waals surface area contributed by atoms with E-state index < -0.39 is 0 Å². The molecular weight excluding hydrogens is 256 g/mol. The average molecular weight is 288 g/mol. The molecule has 1 saturated carbocycles. The Bertz CT molecular complexity index is 409. The number of rotatable bonds is 8. The predicted molar refractivity (Wildman–Crippen MR) is 91.5 cm³/mol. The van der Waals surface area contributed by atoms with Gasteiger partial charge in [-0.1, -0.05) is 57.5 Å². The van der Waals surface area contributed by atoms with Gasteiger partial charge in [-0.3, -0.25) is 0 Å². The Hall–Kier alpha value is -0.860. The lowest BCUT2D eigenvalue weighted by Gasteiger charge is -2.43. The van der Waals surface area contributed by atoms with E-state index in [1.807, 2.05) is 0 Å². The lowest BCUT2D eigenvalue weighted by atomic mass is 9.78. The van der Waals surface area contributed by atoms with Crippen molar-refractivity contribution in [2.45, 2.75) is 58.5 Å². The van der Waals surface area contributed by atoms with Gasteiger partial charge in [-0.15, -0.1) is 0 Å². The highest BCUT2D eigenvalue weighted by atomic mass is 15.1. The number of hydrogen-bond donors (Lipinski definition) is 1. The summed E-state index contributed by atoms with van der Waals surface area (Å²) in [4.78, 5) is 2.58. The standard InChI is InChI=1S/C19H32N2/c1-5-14-20-18(16-10-7-6-8-11-16)19(2,3)15-21(4)17-12-9-13-17/h6-8,10-11,17-18,20H,5,9,12-15H2,1-4H3. The molecule has 1 aliphatic carbocycles. The zero-order valence-electron chi connectivity index (χ0n) is 14.2. The van der Waals surface area contributed by atoms with E-state index in [1.54, 1.807) is 0 Å². The van der Waals surface area contributed by atoms with Crippen LogP contribution >= 0.6 is 0 Å². The molecule has 2 heteroatoms. The predicted octanol–water partition coefficient (Wildman–Crippen LogP) is 4.24. The minimum atomic E-state index is 0.223. The maximum Gasteiger partial charge on any atom is 0.0384 e. The van der Waals surface area contributed by atoms with Crippen LogP contribution in [0.5, 0.6) is 0 Å². The first-order valence-electron chi connectivity index (χ1n) is 8.53. The van der Waals surface area contributed by atoms with Crippen LogP contribution in [0.15, 0.2) is 30.3 Å². The fourth-order valence-corrected chi connectivity index (χ4v) is 3.47. The summed E-state index contributed by atoms with van der Waals surface area (Å²) in [5.74, 6) is 0. The van der Waals surface area contributed by atoms with Gasteiger partial charge in [0.2, 0.25) is 0 Å². The van der Waals surface area contributed by atoms with Crippen LogP contribution in [0.2, 0.25) is 0 Å². The maximum atomic E-state index is 3.78. The molecule has 0 spiro atoms. The Kier molecular flexibility index (Phi) is 5.83. The summed E-state index contributed by atoms with van der Waals surface area (Å²) in [6, 6.07) is 12.2. The van der Waals surface area contributed by atoms with E-state index in [-0.39, 0.29) is 5.41 Å². The molecule has 21 heavy (non-hydrogen) atoms. The molecule has 0 radical (unpaired) electrons. The van der Waals surface area contributed by atoms with E-state index in [4.69, 9.17) is 0 Å². The zero-order chi connectivity index (χ0) is 15.3. The van der Waals surface area contributed by atoms with Gasteiger partial charge in [0.15, 0.2) is 0 Å². The molecule has 1 aromatic rings. The smallest absolute Gasteiger partial charge is 0.0384 e. The first-order chi connectivity index (χ1) is 10.0. The summed E-state index contributed by atoms with van der Waals surface area (Å²) < 4.78 is 0. The highest BCUT2D eigenvalue weighted by Crippen LogP contribution is 2.36. The molecule has 1 atom stereocenters. The highest BCUT2D eigenvalue weighted by molar-refractivity contribution is 5.21. The van der Waals surface area contributed by atoms with E-state index >= 15 is 0 Å². The third-order valence-electron chi connectivity index (χ3n) is 4.87. The van der Waals surface area contributed by atoms with Gasteiger partial charge in [0.05, 0.1) is 0 Å².